The van der Waals surface area contributed by atoms with E-state index in [2.05, 4.69) is 160 Å². The average molecular weight is 531 g/mol. The topological polar surface area (TPSA) is 0 Å². The van der Waals surface area contributed by atoms with Crippen LogP contribution in [0.25, 0.3) is 10.8 Å². The fourth-order valence-corrected chi connectivity index (χ4v) is 20.6. The molecule has 3 heteroatoms. The third kappa shape index (κ3) is 4.61. The minimum atomic E-state index is -2.05. The van der Waals surface area contributed by atoms with Gasteiger partial charge in [0.25, 0.3) is 0 Å². The van der Waals surface area contributed by atoms with Crippen LogP contribution in [0.4, 0.5) is 0 Å². The predicted molar refractivity (Wildman–Crippen MR) is 172 cm³/mol. The van der Waals surface area contributed by atoms with E-state index in [9.17, 15) is 0 Å². The monoisotopic (exact) mass is 530 g/mol. The van der Waals surface area contributed by atoms with E-state index in [1.165, 1.54) is 21.1 Å². The molecule has 1 atom stereocenters. The zero-order chi connectivity index (χ0) is 26.1. The molecule has 0 heterocycles. The Kier molecular flexibility index (Phi) is 6.97. The number of hydrogen-bond donors (Lipinski definition) is 0. The molecule has 0 saturated carbocycles. The minimum Gasteiger partial charge on any atom is -0.0709 e. The second kappa shape index (κ2) is 10.1. The van der Waals surface area contributed by atoms with Gasteiger partial charge in [-0.05, 0) is 22.0 Å². The first-order valence-electron chi connectivity index (χ1n) is 13.4. The maximum absolute atomic E-state index is 2.67. The van der Waals surface area contributed by atoms with Crippen molar-refractivity contribution in [2.45, 2.75) is 38.8 Å². The van der Waals surface area contributed by atoms with Crippen LogP contribution in [0.2, 0.25) is 32.7 Å². The summed E-state index contributed by atoms with van der Waals surface area (Å²) in [7, 11) is -5.70. The maximum Gasteiger partial charge on any atom is 0.119 e. The van der Waals surface area contributed by atoms with Gasteiger partial charge in [-0.3, -0.25) is 0 Å². The third-order valence-electron chi connectivity index (χ3n) is 8.75. The van der Waals surface area contributed by atoms with Crippen LogP contribution in [-0.4, -0.2) is 23.3 Å². The molecule has 0 spiro atoms. The van der Waals surface area contributed by atoms with Crippen molar-refractivity contribution in [3.05, 3.63) is 133 Å². The number of fused-ring (bicyclic) bond motifs is 1. The SMILES string of the molecule is C[Si](Cc1ccccc1[Si](C)(c1cccc2ccccc12)[Si](C)(C)C)(c1ccccc1)c1ccccc1. The van der Waals surface area contributed by atoms with Crippen LogP contribution in [0.1, 0.15) is 5.56 Å². The van der Waals surface area contributed by atoms with E-state index in [0.29, 0.717) is 0 Å². The largest absolute Gasteiger partial charge is 0.119 e. The summed E-state index contributed by atoms with van der Waals surface area (Å²) in [6.07, 6.45) is 0. The smallest absolute Gasteiger partial charge is 0.0709 e. The molecule has 0 amide bonds. The lowest BCUT2D eigenvalue weighted by molar-refractivity contribution is 1.35. The molecule has 0 nitrogen and oxygen atoms in total. The Morgan fingerprint density at radius 1 is 0.459 bits per heavy atom. The molecular weight excluding hydrogens is 493 g/mol. The molecule has 5 rings (SSSR count). The number of hydrogen-bond acceptors (Lipinski definition) is 0. The minimum absolute atomic E-state index is 1.12. The van der Waals surface area contributed by atoms with Crippen molar-refractivity contribution < 1.29 is 0 Å². The first-order chi connectivity index (χ1) is 17.7. The molecule has 0 aliphatic heterocycles. The second-order valence-electron chi connectivity index (χ2n) is 11.8. The van der Waals surface area contributed by atoms with Gasteiger partial charge in [0, 0.05) is 7.59 Å². The molecule has 0 aliphatic rings. The normalized spacial score (nSPS) is 13.9. The van der Waals surface area contributed by atoms with Gasteiger partial charge < -0.3 is 0 Å². The van der Waals surface area contributed by atoms with E-state index in [0.717, 1.165) is 6.04 Å². The Morgan fingerprint density at radius 3 is 1.57 bits per heavy atom. The van der Waals surface area contributed by atoms with Crippen LogP contribution in [0.15, 0.2) is 127 Å². The molecule has 5 aromatic carbocycles. The first-order valence-corrected chi connectivity index (χ1v) is 23.1. The molecule has 37 heavy (non-hydrogen) atoms. The third-order valence-corrected chi connectivity index (χ3v) is 29.7. The lowest BCUT2D eigenvalue weighted by atomic mass is 10.1. The summed E-state index contributed by atoms with van der Waals surface area (Å²) in [5, 5.41) is 9.09. The van der Waals surface area contributed by atoms with Crippen LogP contribution in [0.3, 0.4) is 0 Å². The summed E-state index contributed by atoms with van der Waals surface area (Å²) in [5.74, 6) is 0. The van der Waals surface area contributed by atoms with Crippen molar-refractivity contribution in [3.8, 4) is 0 Å². The van der Waals surface area contributed by atoms with Crippen molar-refractivity contribution in [1.29, 1.82) is 0 Å². The first kappa shape index (κ1) is 25.7. The summed E-state index contributed by atoms with van der Waals surface area (Å²) >= 11 is 0. The second-order valence-corrected chi connectivity index (χ2v) is 31.3. The highest BCUT2D eigenvalue weighted by atomic mass is 29.3. The van der Waals surface area contributed by atoms with Crippen molar-refractivity contribution in [1.82, 2.24) is 0 Å². The Bertz CT molecular complexity index is 1460. The van der Waals surface area contributed by atoms with Gasteiger partial charge in [-0.2, -0.15) is 0 Å². The van der Waals surface area contributed by atoms with Gasteiger partial charge in [0.15, 0.2) is 0 Å². The van der Waals surface area contributed by atoms with Crippen molar-refractivity contribution in [2.24, 2.45) is 0 Å². The van der Waals surface area contributed by atoms with Gasteiger partial charge in [0.2, 0.25) is 0 Å². The van der Waals surface area contributed by atoms with E-state index in [1.54, 1.807) is 15.9 Å². The van der Waals surface area contributed by atoms with Gasteiger partial charge in [-0.25, -0.2) is 0 Å². The Morgan fingerprint density at radius 2 is 0.946 bits per heavy atom. The lowest BCUT2D eigenvalue weighted by Crippen LogP contribution is -2.72. The van der Waals surface area contributed by atoms with Gasteiger partial charge in [-0.15, -0.1) is 0 Å². The number of benzene rings is 5. The van der Waals surface area contributed by atoms with Crippen LogP contribution in [0.5, 0.6) is 0 Å². The molecule has 0 saturated heterocycles. The van der Waals surface area contributed by atoms with Gasteiger partial charge >= 0.3 is 0 Å². The van der Waals surface area contributed by atoms with Crippen molar-refractivity contribution in [3.63, 3.8) is 0 Å². The molecule has 0 radical (unpaired) electrons. The zero-order valence-electron chi connectivity index (χ0n) is 22.8. The van der Waals surface area contributed by atoms with Gasteiger partial charge in [0.1, 0.15) is 15.7 Å². The molecule has 0 aromatic heterocycles. The molecule has 0 fully saturated rings. The maximum atomic E-state index is 2.67. The molecule has 186 valence electrons. The summed E-state index contributed by atoms with van der Waals surface area (Å²) in [5.41, 5.74) is 1.56. The molecule has 5 aromatic rings. The van der Waals surface area contributed by atoms with Crippen LogP contribution in [-0.2, 0) is 6.04 Å². The van der Waals surface area contributed by atoms with E-state index in [-0.39, 0.29) is 0 Å². The zero-order valence-corrected chi connectivity index (χ0v) is 25.8. The highest BCUT2D eigenvalue weighted by Crippen LogP contribution is 2.26. The standard InChI is InChI=1S/C34H38Si3/c1-35(2,3)37(5,34-26-16-19-28-17-12-14-24-32(28)34)33-25-15-13-18-29(33)27-36(4,30-20-8-6-9-21-30)31-22-10-7-11-23-31/h6-26H,27H2,1-5H3. The molecule has 0 N–H and O–H groups in total. The summed E-state index contributed by atoms with van der Waals surface area (Å²) in [6.45, 7) is 13.0. The Balaban J connectivity index is 1.74. The quantitative estimate of drug-likeness (QED) is 0.213. The predicted octanol–water partition coefficient (Wildman–Crippen LogP) is 6.42. The van der Waals surface area contributed by atoms with Crippen molar-refractivity contribution >= 4 is 54.8 Å². The molecular formula is C34H38Si3. The summed E-state index contributed by atoms with van der Waals surface area (Å²) in [6, 6.07) is 49.3. The fraction of sp³-hybridized carbons (Fsp3) is 0.176. The molecule has 1 unspecified atom stereocenters. The molecule has 0 bridgehead atoms. The van der Waals surface area contributed by atoms with Crippen molar-refractivity contribution in [2.75, 3.05) is 0 Å². The van der Waals surface area contributed by atoms with Crippen LogP contribution >= 0.6 is 0 Å². The molecule has 0 aliphatic carbocycles. The highest BCUT2D eigenvalue weighted by molar-refractivity contribution is 7.51. The van der Waals surface area contributed by atoms with E-state index in [1.807, 2.05) is 0 Å². The van der Waals surface area contributed by atoms with E-state index >= 15 is 0 Å². The van der Waals surface area contributed by atoms with Crippen LogP contribution < -0.4 is 20.7 Å². The van der Waals surface area contributed by atoms with E-state index in [4.69, 9.17) is 0 Å². The summed E-state index contributed by atoms with van der Waals surface area (Å²) < 4.78 is 0. The lowest BCUT2D eigenvalue weighted by Gasteiger charge is -2.42. The highest BCUT2D eigenvalue weighted by Gasteiger charge is 2.47. The number of rotatable bonds is 7. The van der Waals surface area contributed by atoms with Gasteiger partial charge in [-0.1, -0.05) is 181 Å². The Labute approximate surface area is 225 Å². The van der Waals surface area contributed by atoms with Gasteiger partial charge in [0.05, 0.1) is 0 Å². The summed E-state index contributed by atoms with van der Waals surface area (Å²) in [4.78, 5) is 0. The fourth-order valence-electron chi connectivity index (χ4n) is 6.14. The average Bonchev–Trinajstić information content (AvgIpc) is 2.93. The Hall–Kier alpha value is -2.99. The van der Waals surface area contributed by atoms with E-state index < -0.39 is 23.3 Å². The van der Waals surface area contributed by atoms with Crippen LogP contribution in [0, 0.1) is 0 Å².